The molecule has 0 radical (unpaired) electrons. The minimum absolute atomic E-state index is 1.07. The van der Waals surface area contributed by atoms with Gasteiger partial charge in [-0.3, -0.25) is 0 Å². The van der Waals surface area contributed by atoms with E-state index < -0.39 is 0 Å². The van der Waals surface area contributed by atoms with Crippen molar-refractivity contribution in [3.05, 3.63) is 0 Å². The summed E-state index contributed by atoms with van der Waals surface area (Å²) in [5, 5.41) is 0. The Hall–Kier alpha value is 0.350. The predicted octanol–water partition coefficient (Wildman–Crippen LogP) is 4.01. The van der Waals surface area contributed by atoms with Gasteiger partial charge in [0.25, 0.3) is 0 Å². The van der Waals surface area contributed by atoms with Crippen LogP contribution in [0.1, 0.15) is 45.4 Å². The van der Waals surface area contributed by atoms with Gasteiger partial charge < -0.3 is 0 Å². The Bertz CT molecular complexity index is 237. The molecule has 3 saturated carbocycles. The summed E-state index contributed by atoms with van der Waals surface area (Å²) in [4.78, 5) is 0. The van der Waals surface area contributed by atoms with Crippen LogP contribution in [0.4, 0.5) is 0 Å². The van der Waals surface area contributed by atoms with Crippen molar-refractivity contribution in [1.82, 2.24) is 0 Å². The molecule has 0 amide bonds. The Morgan fingerprint density at radius 2 is 1.73 bits per heavy atom. The highest BCUT2D eigenvalue weighted by Gasteiger charge is 2.57. The maximum absolute atomic E-state index is 4.46. The van der Waals surface area contributed by atoms with E-state index in [0.717, 1.165) is 41.3 Å². The molecule has 1 heteroatoms. The molecule has 0 aliphatic heterocycles. The molecule has 0 heterocycles. The third-order valence-corrected chi connectivity index (χ3v) is 6.13. The number of hydrogen-bond donors (Lipinski definition) is 1. The lowest BCUT2D eigenvalue weighted by Gasteiger charge is -2.35. The highest BCUT2D eigenvalue weighted by atomic mass is 32.1. The Morgan fingerprint density at radius 1 is 1.00 bits per heavy atom. The summed E-state index contributed by atoms with van der Waals surface area (Å²) >= 11 is 4.46. The van der Waals surface area contributed by atoms with Gasteiger partial charge in [0.15, 0.2) is 0 Å². The van der Waals surface area contributed by atoms with Gasteiger partial charge in [-0.1, -0.05) is 13.3 Å². The average molecular weight is 224 g/mol. The largest absolute Gasteiger partial charge is 0.179 e. The molecule has 3 fully saturated rings. The van der Waals surface area contributed by atoms with Gasteiger partial charge in [-0.05, 0) is 73.4 Å². The van der Waals surface area contributed by atoms with Gasteiger partial charge in [0.2, 0.25) is 0 Å². The van der Waals surface area contributed by atoms with Gasteiger partial charge in [0.05, 0.1) is 0 Å². The van der Waals surface area contributed by atoms with Crippen molar-refractivity contribution in [1.29, 1.82) is 0 Å². The van der Waals surface area contributed by atoms with E-state index in [2.05, 4.69) is 19.6 Å². The summed E-state index contributed by atoms with van der Waals surface area (Å²) < 4.78 is 0. The second kappa shape index (κ2) is 3.98. The van der Waals surface area contributed by atoms with Crippen LogP contribution in [0.5, 0.6) is 0 Å². The van der Waals surface area contributed by atoms with Crippen LogP contribution in [0.25, 0.3) is 0 Å². The maximum atomic E-state index is 4.46. The van der Waals surface area contributed by atoms with Crippen molar-refractivity contribution in [3.63, 3.8) is 0 Å². The van der Waals surface area contributed by atoms with E-state index >= 15 is 0 Å². The molecule has 3 rings (SSSR count). The number of rotatable bonds is 3. The summed E-state index contributed by atoms with van der Waals surface area (Å²) in [7, 11) is 0. The first-order chi connectivity index (χ1) is 7.36. The van der Waals surface area contributed by atoms with Gasteiger partial charge in [-0.25, -0.2) is 0 Å². The lowest BCUT2D eigenvalue weighted by atomic mass is 9.71. The number of thiol groups is 1. The quantitative estimate of drug-likeness (QED) is 0.688. The minimum atomic E-state index is 1.07. The zero-order valence-corrected chi connectivity index (χ0v) is 10.8. The summed E-state index contributed by atoms with van der Waals surface area (Å²) in [5.41, 5.74) is 0. The van der Waals surface area contributed by atoms with E-state index in [1.807, 2.05) is 0 Å². The highest BCUT2D eigenvalue weighted by molar-refractivity contribution is 7.80. The molecule has 0 aromatic heterocycles. The minimum Gasteiger partial charge on any atom is -0.179 e. The van der Waals surface area contributed by atoms with E-state index in [1.165, 1.54) is 12.8 Å². The molecular formula is C14H24S. The van der Waals surface area contributed by atoms with Gasteiger partial charge >= 0.3 is 0 Å². The predicted molar refractivity (Wildman–Crippen MR) is 68.2 cm³/mol. The molecule has 0 saturated heterocycles. The normalized spacial score (nSPS) is 52.4. The fourth-order valence-electron chi connectivity index (χ4n) is 5.50. The maximum Gasteiger partial charge on any atom is -0.00951 e. The first-order valence-corrected chi connectivity index (χ1v) is 7.61. The molecule has 0 aromatic carbocycles. The Balaban J connectivity index is 1.83. The van der Waals surface area contributed by atoms with E-state index in [0.29, 0.717) is 0 Å². The van der Waals surface area contributed by atoms with Gasteiger partial charge in [-0.2, -0.15) is 12.6 Å². The van der Waals surface area contributed by atoms with Gasteiger partial charge in [-0.15, -0.1) is 0 Å². The third-order valence-electron chi connectivity index (χ3n) is 5.87. The molecule has 86 valence electrons. The van der Waals surface area contributed by atoms with E-state index in [-0.39, 0.29) is 0 Å². The molecule has 3 aliphatic rings. The van der Waals surface area contributed by atoms with Crippen molar-refractivity contribution in [2.75, 3.05) is 5.75 Å². The standard InChI is InChI=1S/C14H24S/c1-2-9-3-4-10-11(7-8-15)13-6-5-12(10)14(9)13/h9-15H,2-8H2,1H3/t9-,10?,11+,12?,13?,14?/m1/s1. The summed E-state index contributed by atoms with van der Waals surface area (Å²) in [5.74, 6) is 7.78. The fourth-order valence-corrected chi connectivity index (χ4v) is 5.80. The Labute approximate surface area is 99.6 Å². The molecule has 0 aromatic rings. The lowest BCUT2D eigenvalue weighted by Crippen LogP contribution is -2.27. The van der Waals surface area contributed by atoms with E-state index in [4.69, 9.17) is 0 Å². The highest BCUT2D eigenvalue weighted by Crippen LogP contribution is 2.64. The SMILES string of the molecule is CC[C@@H]1CCC2C3CCC(C31)[C@H]2CCS. The zero-order valence-electron chi connectivity index (χ0n) is 9.86. The summed E-state index contributed by atoms with van der Waals surface area (Å²) in [6.07, 6.45) is 9.07. The molecular weight excluding hydrogens is 200 g/mol. The van der Waals surface area contributed by atoms with E-state index in [9.17, 15) is 0 Å². The fraction of sp³-hybridized carbons (Fsp3) is 1.00. The van der Waals surface area contributed by atoms with Crippen LogP contribution in [0.15, 0.2) is 0 Å². The first-order valence-electron chi connectivity index (χ1n) is 6.97. The van der Waals surface area contributed by atoms with Crippen molar-refractivity contribution in [2.24, 2.45) is 35.5 Å². The molecule has 3 aliphatic carbocycles. The molecule has 0 spiro atoms. The van der Waals surface area contributed by atoms with Gasteiger partial charge in [0.1, 0.15) is 0 Å². The number of hydrogen-bond acceptors (Lipinski definition) is 1. The van der Waals surface area contributed by atoms with Crippen molar-refractivity contribution >= 4 is 12.6 Å². The molecule has 4 unspecified atom stereocenters. The molecule has 6 atom stereocenters. The smallest absolute Gasteiger partial charge is 0.00951 e. The van der Waals surface area contributed by atoms with Crippen molar-refractivity contribution in [3.8, 4) is 0 Å². The van der Waals surface area contributed by atoms with Crippen LogP contribution in [0.2, 0.25) is 0 Å². The van der Waals surface area contributed by atoms with Crippen LogP contribution in [0, 0.1) is 35.5 Å². The molecule has 15 heavy (non-hydrogen) atoms. The molecule has 0 nitrogen and oxygen atoms in total. The second-order valence-electron chi connectivity index (χ2n) is 6.07. The van der Waals surface area contributed by atoms with Crippen LogP contribution >= 0.6 is 12.6 Å². The topological polar surface area (TPSA) is 0 Å². The Kier molecular flexibility index (Phi) is 2.79. The van der Waals surface area contributed by atoms with E-state index in [1.54, 1.807) is 25.7 Å². The van der Waals surface area contributed by atoms with Crippen LogP contribution in [-0.2, 0) is 0 Å². The first kappa shape index (κ1) is 10.5. The second-order valence-corrected chi connectivity index (χ2v) is 6.52. The lowest BCUT2D eigenvalue weighted by molar-refractivity contribution is 0.149. The van der Waals surface area contributed by atoms with Gasteiger partial charge in [0, 0.05) is 0 Å². The van der Waals surface area contributed by atoms with Crippen molar-refractivity contribution < 1.29 is 0 Å². The molecule has 4 bridgehead atoms. The third kappa shape index (κ3) is 1.41. The van der Waals surface area contributed by atoms with Crippen molar-refractivity contribution in [2.45, 2.75) is 45.4 Å². The van der Waals surface area contributed by atoms with Crippen LogP contribution in [0.3, 0.4) is 0 Å². The molecule has 0 N–H and O–H groups in total. The van der Waals surface area contributed by atoms with Crippen LogP contribution in [-0.4, -0.2) is 5.75 Å². The average Bonchev–Trinajstić information content (AvgIpc) is 2.76. The summed E-state index contributed by atoms with van der Waals surface area (Å²) in [6, 6.07) is 0. The summed E-state index contributed by atoms with van der Waals surface area (Å²) in [6.45, 7) is 2.41. The zero-order chi connectivity index (χ0) is 10.4. The Morgan fingerprint density at radius 3 is 2.47 bits per heavy atom. The monoisotopic (exact) mass is 224 g/mol. The van der Waals surface area contributed by atoms with Crippen LogP contribution < -0.4 is 0 Å².